The number of ketones is 1. The first-order valence-electron chi connectivity index (χ1n) is 12.7. The molecule has 208 valence electrons. The topological polar surface area (TPSA) is 183 Å². The third-order valence-corrected chi connectivity index (χ3v) is 7.02. The molecule has 2 aromatic carbocycles. The Morgan fingerprint density at radius 3 is 2.58 bits per heavy atom. The standard InChI is InChI=1S/C29H31N5O6/c1-28(31,26(36)33-27(37)40-17-19-9-11-21(12-10-19)34(38)39)18-29(13-5-2-6-14-29)25(35)23(30)15-20-16-32-24-8-4-3-7-22(20)24/h2-13,16,23,32H,14-15,17-18,30-31H2,1H3,(H,33,36,37)/t23-,28?,29?/m0/s1. The molecule has 1 heterocycles. The number of imide groups is 1. The number of ether oxygens (including phenoxy) is 1. The second-order valence-corrected chi connectivity index (χ2v) is 10.2. The minimum absolute atomic E-state index is 0.0945. The van der Waals surface area contributed by atoms with Gasteiger partial charge in [0.25, 0.3) is 5.69 Å². The first-order chi connectivity index (χ1) is 19.0. The predicted molar refractivity (Wildman–Crippen MR) is 149 cm³/mol. The number of H-pyrrole nitrogens is 1. The largest absolute Gasteiger partial charge is 0.444 e. The van der Waals surface area contributed by atoms with E-state index in [1.165, 1.54) is 31.2 Å². The summed E-state index contributed by atoms with van der Waals surface area (Å²) in [6, 6.07) is 12.3. The van der Waals surface area contributed by atoms with Crippen LogP contribution in [-0.4, -0.2) is 39.3 Å². The maximum atomic E-state index is 13.8. The fourth-order valence-corrected chi connectivity index (χ4v) is 4.93. The monoisotopic (exact) mass is 545 g/mol. The van der Waals surface area contributed by atoms with E-state index in [9.17, 15) is 24.5 Å². The lowest BCUT2D eigenvalue weighted by atomic mass is 9.67. The van der Waals surface area contributed by atoms with Crippen LogP contribution in [0.5, 0.6) is 0 Å². The van der Waals surface area contributed by atoms with Crippen LogP contribution < -0.4 is 16.8 Å². The summed E-state index contributed by atoms with van der Waals surface area (Å²) in [5, 5.41) is 13.9. The number of nitrogens with two attached hydrogens (primary N) is 2. The van der Waals surface area contributed by atoms with E-state index in [4.69, 9.17) is 16.2 Å². The van der Waals surface area contributed by atoms with Crippen LogP contribution in [0.4, 0.5) is 10.5 Å². The molecule has 0 aliphatic heterocycles. The number of amides is 2. The molecule has 4 rings (SSSR count). The van der Waals surface area contributed by atoms with Gasteiger partial charge in [0, 0.05) is 29.2 Å². The van der Waals surface area contributed by atoms with E-state index in [0.717, 1.165) is 16.5 Å². The number of carbonyl (C=O) groups excluding carboxylic acids is 3. The predicted octanol–water partition coefficient (Wildman–Crippen LogP) is 3.58. The number of carbonyl (C=O) groups is 3. The zero-order chi connectivity index (χ0) is 28.9. The second-order valence-electron chi connectivity index (χ2n) is 10.2. The Kier molecular flexibility index (Phi) is 8.26. The summed E-state index contributed by atoms with van der Waals surface area (Å²) in [6.07, 6.45) is 8.38. The van der Waals surface area contributed by atoms with Crippen molar-refractivity contribution < 1.29 is 24.0 Å². The van der Waals surface area contributed by atoms with Gasteiger partial charge in [0.1, 0.15) is 6.61 Å². The van der Waals surface area contributed by atoms with Crippen LogP contribution in [0.25, 0.3) is 10.9 Å². The maximum Gasteiger partial charge on any atom is 0.414 e. The number of nitro benzene ring substituents is 1. The summed E-state index contributed by atoms with van der Waals surface area (Å²) in [4.78, 5) is 52.5. The molecule has 11 heteroatoms. The van der Waals surface area contributed by atoms with Crippen molar-refractivity contribution in [3.63, 3.8) is 0 Å². The summed E-state index contributed by atoms with van der Waals surface area (Å²) in [5.74, 6) is -1.08. The molecule has 3 atom stereocenters. The molecule has 11 nitrogen and oxygen atoms in total. The van der Waals surface area contributed by atoms with Crippen LogP contribution in [-0.2, 0) is 27.4 Å². The van der Waals surface area contributed by atoms with Gasteiger partial charge >= 0.3 is 6.09 Å². The van der Waals surface area contributed by atoms with Gasteiger partial charge in [-0.25, -0.2) is 4.79 Å². The number of Topliss-reactive ketones (excluding diaryl/α,β-unsaturated/α-hetero) is 1. The number of alkyl carbamates (subject to hydrolysis) is 1. The first kappa shape index (κ1) is 28.4. The quantitative estimate of drug-likeness (QED) is 0.220. The van der Waals surface area contributed by atoms with Crippen LogP contribution >= 0.6 is 0 Å². The molecule has 2 amide bonds. The third kappa shape index (κ3) is 6.33. The van der Waals surface area contributed by atoms with Crippen LogP contribution in [0.2, 0.25) is 0 Å². The summed E-state index contributed by atoms with van der Waals surface area (Å²) in [5.41, 5.74) is 12.3. The lowest BCUT2D eigenvalue weighted by molar-refractivity contribution is -0.384. The Hall–Kier alpha value is -4.61. The van der Waals surface area contributed by atoms with Gasteiger partial charge in [0.05, 0.1) is 21.9 Å². The van der Waals surface area contributed by atoms with Crippen molar-refractivity contribution in [2.45, 2.75) is 44.4 Å². The molecular formula is C29H31N5O6. The Balaban J connectivity index is 1.41. The molecule has 2 unspecified atom stereocenters. The van der Waals surface area contributed by atoms with Gasteiger partial charge in [0.2, 0.25) is 5.91 Å². The highest BCUT2D eigenvalue weighted by atomic mass is 16.6. The number of allylic oxidation sites excluding steroid dienone is 4. The number of hydrogen-bond donors (Lipinski definition) is 4. The van der Waals surface area contributed by atoms with Crippen molar-refractivity contribution in [2.24, 2.45) is 16.9 Å². The molecule has 1 aliphatic carbocycles. The SMILES string of the molecule is CC(N)(CC1(C(=O)[C@@H](N)Cc2c[nH]c3ccccc23)C=CC=CC1)C(=O)NC(=O)OCc1ccc([N+](=O)[O-])cc1. The number of benzene rings is 2. The average molecular weight is 546 g/mol. The molecule has 0 saturated heterocycles. The summed E-state index contributed by atoms with van der Waals surface area (Å²) >= 11 is 0. The van der Waals surface area contributed by atoms with E-state index >= 15 is 0 Å². The van der Waals surface area contributed by atoms with Crippen molar-refractivity contribution in [2.75, 3.05) is 0 Å². The van der Waals surface area contributed by atoms with Crippen LogP contribution in [0.3, 0.4) is 0 Å². The number of rotatable bonds is 10. The highest BCUT2D eigenvalue weighted by molar-refractivity contribution is 5.99. The zero-order valence-electron chi connectivity index (χ0n) is 22.0. The Bertz CT molecular complexity index is 1490. The number of aromatic amines is 1. The fraction of sp³-hybridized carbons (Fsp3) is 0.276. The molecule has 3 aromatic rings. The van der Waals surface area contributed by atoms with Crippen molar-refractivity contribution in [3.8, 4) is 0 Å². The Morgan fingerprint density at radius 2 is 1.90 bits per heavy atom. The molecule has 0 saturated carbocycles. The molecule has 0 fully saturated rings. The van der Waals surface area contributed by atoms with Crippen molar-refractivity contribution in [1.29, 1.82) is 0 Å². The molecule has 6 N–H and O–H groups in total. The maximum absolute atomic E-state index is 13.8. The number of aromatic nitrogens is 1. The van der Waals surface area contributed by atoms with E-state index in [0.29, 0.717) is 18.4 Å². The molecule has 1 aliphatic rings. The van der Waals surface area contributed by atoms with E-state index < -0.39 is 33.9 Å². The molecule has 0 radical (unpaired) electrons. The smallest absolute Gasteiger partial charge is 0.414 e. The van der Waals surface area contributed by atoms with Gasteiger partial charge < -0.3 is 21.2 Å². The summed E-state index contributed by atoms with van der Waals surface area (Å²) < 4.78 is 5.08. The number of non-ortho nitro benzene ring substituents is 1. The highest BCUT2D eigenvalue weighted by Crippen LogP contribution is 2.38. The Morgan fingerprint density at radius 1 is 1.18 bits per heavy atom. The number of para-hydroxylation sites is 1. The van der Waals surface area contributed by atoms with Gasteiger partial charge in [-0.1, -0.05) is 42.5 Å². The molecular weight excluding hydrogens is 514 g/mol. The van der Waals surface area contributed by atoms with E-state index in [1.54, 1.807) is 18.2 Å². The fourth-order valence-electron chi connectivity index (χ4n) is 4.93. The lowest BCUT2D eigenvalue weighted by Gasteiger charge is -2.37. The molecule has 0 bridgehead atoms. The summed E-state index contributed by atoms with van der Waals surface area (Å²) in [7, 11) is 0. The number of nitro groups is 1. The summed E-state index contributed by atoms with van der Waals surface area (Å²) in [6.45, 7) is 1.23. The van der Waals surface area contributed by atoms with E-state index in [2.05, 4.69) is 10.3 Å². The first-order valence-corrected chi connectivity index (χ1v) is 12.7. The number of fused-ring (bicyclic) bond motifs is 1. The number of nitrogens with one attached hydrogen (secondary N) is 2. The van der Waals surface area contributed by atoms with Crippen LogP contribution in [0, 0.1) is 15.5 Å². The number of hydrogen-bond acceptors (Lipinski definition) is 8. The average Bonchev–Trinajstić information content (AvgIpc) is 3.34. The molecule has 1 aromatic heterocycles. The normalized spacial score (nSPS) is 18.6. The minimum atomic E-state index is -1.63. The Labute approximate surface area is 230 Å². The number of nitrogens with zero attached hydrogens (tertiary/aromatic N) is 1. The van der Waals surface area contributed by atoms with Gasteiger partial charge in [-0.2, -0.15) is 0 Å². The zero-order valence-corrected chi connectivity index (χ0v) is 22.0. The molecule has 0 spiro atoms. The van der Waals surface area contributed by atoms with Crippen LogP contribution in [0.1, 0.15) is 30.9 Å². The van der Waals surface area contributed by atoms with Crippen molar-refractivity contribution in [3.05, 3.63) is 100 Å². The van der Waals surface area contributed by atoms with Gasteiger partial charge in [0.15, 0.2) is 5.78 Å². The van der Waals surface area contributed by atoms with E-state index in [1.807, 2.05) is 36.5 Å². The third-order valence-electron chi connectivity index (χ3n) is 7.02. The van der Waals surface area contributed by atoms with Gasteiger partial charge in [-0.15, -0.1) is 0 Å². The molecule has 40 heavy (non-hydrogen) atoms. The highest BCUT2D eigenvalue weighted by Gasteiger charge is 2.46. The van der Waals surface area contributed by atoms with Crippen molar-refractivity contribution >= 4 is 34.4 Å². The van der Waals surface area contributed by atoms with Gasteiger partial charge in [-0.3, -0.25) is 25.0 Å². The minimum Gasteiger partial charge on any atom is -0.444 e. The van der Waals surface area contributed by atoms with Crippen LogP contribution in [0.15, 0.2) is 79.0 Å². The van der Waals surface area contributed by atoms with Crippen molar-refractivity contribution in [1.82, 2.24) is 10.3 Å². The van der Waals surface area contributed by atoms with Gasteiger partial charge in [-0.05, 0) is 55.5 Å². The lowest BCUT2D eigenvalue weighted by Crippen LogP contribution is -2.58. The second kappa shape index (κ2) is 11.6. The van der Waals surface area contributed by atoms with E-state index in [-0.39, 0.29) is 24.5 Å².